The number of H-pyrrole nitrogens is 1. The van der Waals surface area contributed by atoms with Crippen molar-refractivity contribution in [3.63, 3.8) is 0 Å². The van der Waals surface area contributed by atoms with Gasteiger partial charge in [0.25, 0.3) is 5.91 Å². The Hall–Kier alpha value is -2.31. The zero-order valence-electron chi connectivity index (χ0n) is 16.5. The number of carbonyl (C=O) groups excluding carboxylic acids is 1. The quantitative estimate of drug-likeness (QED) is 0.534. The van der Waals surface area contributed by atoms with E-state index in [9.17, 15) is 9.90 Å². The number of aromatic amines is 1. The number of piperidine rings is 1. The van der Waals surface area contributed by atoms with Crippen molar-refractivity contribution in [3.8, 4) is 5.75 Å². The molecule has 1 amide bonds. The summed E-state index contributed by atoms with van der Waals surface area (Å²) in [5.74, 6) is 0.0653. The molecule has 6 heteroatoms. The van der Waals surface area contributed by atoms with E-state index in [1.54, 1.807) is 12.1 Å². The van der Waals surface area contributed by atoms with Crippen molar-refractivity contribution in [3.05, 3.63) is 63.8 Å². The third-order valence-electron chi connectivity index (χ3n) is 5.76. The minimum Gasteiger partial charge on any atom is -0.507 e. The predicted molar refractivity (Wildman–Crippen MR) is 119 cm³/mol. The maximum absolute atomic E-state index is 13.0. The maximum atomic E-state index is 13.0. The molecule has 0 atom stereocenters. The van der Waals surface area contributed by atoms with Crippen LogP contribution in [0.25, 0.3) is 10.9 Å². The molecule has 1 aliphatic rings. The third-order valence-corrected chi connectivity index (χ3v) is 6.40. The molecule has 2 heterocycles. The van der Waals surface area contributed by atoms with Gasteiger partial charge in [0.15, 0.2) is 0 Å². The number of aryl methyl sites for hydroxylation is 1. The highest BCUT2D eigenvalue weighted by atomic mass is 79.9. The summed E-state index contributed by atoms with van der Waals surface area (Å²) in [6.07, 6.45) is 2.98. The molecule has 0 radical (unpaired) electrons. The minimum absolute atomic E-state index is 0.0711. The number of benzene rings is 2. The number of fused-ring (bicyclic) bond motifs is 1. The molecule has 2 aromatic carbocycles. The van der Waals surface area contributed by atoms with Crippen LogP contribution in [0, 0.1) is 6.92 Å². The van der Waals surface area contributed by atoms with Gasteiger partial charge in [-0.3, -0.25) is 4.79 Å². The number of nitrogens with one attached hydrogen (secondary N) is 2. The van der Waals surface area contributed by atoms with Crippen LogP contribution in [0.1, 0.15) is 34.5 Å². The van der Waals surface area contributed by atoms with Crippen LogP contribution < -0.4 is 5.32 Å². The van der Waals surface area contributed by atoms with Crippen LogP contribution in [0.4, 0.5) is 0 Å². The van der Waals surface area contributed by atoms with Crippen molar-refractivity contribution in [2.75, 3.05) is 19.6 Å². The Kier molecular flexibility index (Phi) is 5.92. The topological polar surface area (TPSA) is 68.4 Å². The van der Waals surface area contributed by atoms with Crippen LogP contribution >= 0.6 is 15.9 Å². The zero-order chi connectivity index (χ0) is 20.4. The number of aromatic hydroxyl groups is 1. The van der Waals surface area contributed by atoms with Gasteiger partial charge in [0, 0.05) is 42.3 Å². The van der Waals surface area contributed by atoms with Crippen LogP contribution in [-0.4, -0.2) is 46.6 Å². The fourth-order valence-electron chi connectivity index (χ4n) is 4.12. The first-order chi connectivity index (χ1) is 14.0. The highest BCUT2D eigenvalue weighted by Crippen LogP contribution is 2.32. The molecule has 29 heavy (non-hydrogen) atoms. The Morgan fingerprint density at radius 2 is 1.97 bits per heavy atom. The van der Waals surface area contributed by atoms with Crippen molar-refractivity contribution in [2.45, 2.75) is 32.2 Å². The van der Waals surface area contributed by atoms with E-state index >= 15 is 0 Å². The lowest BCUT2D eigenvalue weighted by Gasteiger charge is -2.32. The van der Waals surface area contributed by atoms with Gasteiger partial charge in [-0.25, -0.2) is 0 Å². The summed E-state index contributed by atoms with van der Waals surface area (Å²) in [6.45, 7) is 4.95. The Morgan fingerprint density at radius 1 is 1.24 bits per heavy atom. The number of nitrogens with zero attached hydrogens (tertiary/aromatic N) is 1. The van der Waals surface area contributed by atoms with Gasteiger partial charge in [-0.1, -0.05) is 30.3 Å². The average molecular weight is 456 g/mol. The molecule has 0 saturated carbocycles. The molecule has 1 aromatic heterocycles. The largest absolute Gasteiger partial charge is 0.507 e. The number of carbonyl (C=O) groups is 1. The van der Waals surface area contributed by atoms with Crippen LogP contribution in [0.3, 0.4) is 0 Å². The molecule has 0 aliphatic carbocycles. The maximum Gasteiger partial charge on any atom is 0.253 e. The fraction of sp³-hybridized carbons (Fsp3) is 0.348. The summed E-state index contributed by atoms with van der Waals surface area (Å²) in [7, 11) is 0. The van der Waals surface area contributed by atoms with Gasteiger partial charge >= 0.3 is 0 Å². The second-order valence-electron chi connectivity index (χ2n) is 7.80. The molecule has 0 bridgehead atoms. The Balaban J connectivity index is 1.35. The highest BCUT2D eigenvalue weighted by molar-refractivity contribution is 9.10. The number of phenolic OH excluding ortho intramolecular Hbond substituents is 1. The molecule has 4 rings (SSSR count). The van der Waals surface area contributed by atoms with Gasteiger partial charge in [-0.15, -0.1) is 0 Å². The molecule has 1 saturated heterocycles. The number of phenols is 1. The Bertz CT molecular complexity index is 1010. The van der Waals surface area contributed by atoms with E-state index in [1.165, 1.54) is 5.56 Å². The van der Waals surface area contributed by atoms with E-state index in [0.717, 1.165) is 55.5 Å². The lowest BCUT2D eigenvalue weighted by Crippen LogP contribution is -2.45. The molecule has 5 nitrogen and oxygen atoms in total. The number of rotatable bonds is 5. The standard InChI is InChI=1S/C23H26BrN3O2/c1-15-22(18-13-21(28)19(24)14-20(18)25-15)23(29)26-17-8-11-27(12-9-17)10-7-16-5-3-2-4-6-16/h2-6,13-14,17,25,28H,7-12H2,1H3,(H,26,29). The SMILES string of the molecule is Cc1[nH]c2cc(Br)c(O)cc2c1C(=O)NC1CCN(CCc2ccccc2)CC1. The normalized spacial score (nSPS) is 15.7. The van der Waals surface area contributed by atoms with Gasteiger partial charge in [0.2, 0.25) is 0 Å². The summed E-state index contributed by atoms with van der Waals surface area (Å²) in [5.41, 5.74) is 3.64. The van der Waals surface area contributed by atoms with Gasteiger partial charge in [0.05, 0.1) is 10.0 Å². The summed E-state index contributed by atoms with van der Waals surface area (Å²) in [4.78, 5) is 18.7. The monoisotopic (exact) mass is 455 g/mol. The predicted octanol–water partition coefficient (Wildman–Crippen LogP) is 4.38. The lowest BCUT2D eigenvalue weighted by atomic mass is 10.0. The lowest BCUT2D eigenvalue weighted by molar-refractivity contribution is 0.0912. The van der Waals surface area contributed by atoms with Crippen molar-refractivity contribution >= 4 is 32.7 Å². The van der Waals surface area contributed by atoms with Crippen molar-refractivity contribution in [2.24, 2.45) is 0 Å². The van der Waals surface area contributed by atoms with E-state index in [-0.39, 0.29) is 17.7 Å². The summed E-state index contributed by atoms with van der Waals surface area (Å²) < 4.78 is 0.612. The van der Waals surface area contributed by atoms with Gasteiger partial charge in [0.1, 0.15) is 5.75 Å². The smallest absolute Gasteiger partial charge is 0.253 e. The first kappa shape index (κ1) is 20.0. The number of hydrogen-bond acceptors (Lipinski definition) is 3. The number of aromatic nitrogens is 1. The minimum atomic E-state index is -0.0711. The zero-order valence-corrected chi connectivity index (χ0v) is 18.1. The number of hydrogen-bond donors (Lipinski definition) is 3. The second kappa shape index (κ2) is 8.59. The molecular formula is C23H26BrN3O2. The van der Waals surface area contributed by atoms with Crippen LogP contribution in [-0.2, 0) is 6.42 Å². The number of halogens is 1. The first-order valence-corrected chi connectivity index (χ1v) is 10.9. The Morgan fingerprint density at radius 3 is 2.69 bits per heavy atom. The van der Waals surface area contributed by atoms with Crippen LogP contribution in [0.15, 0.2) is 46.9 Å². The number of amides is 1. The van der Waals surface area contributed by atoms with Crippen molar-refractivity contribution < 1.29 is 9.90 Å². The van der Waals surface area contributed by atoms with E-state index in [0.29, 0.717) is 10.0 Å². The Labute approximate surface area is 179 Å². The van der Waals surface area contributed by atoms with E-state index in [2.05, 4.69) is 55.4 Å². The molecule has 1 aliphatic heterocycles. The van der Waals surface area contributed by atoms with E-state index < -0.39 is 0 Å². The first-order valence-electron chi connectivity index (χ1n) is 10.1. The number of likely N-dealkylation sites (tertiary alicyclic amines) is 1. The average Bonchev–Trinajstić information content (AvgIpc) is 3.03. The molecule has 3 N–H and O–H groups in total. The van der Waals surface area contributed by atoms with Crippen molar-refractivity contribution in [1.82, 2.24) is 15.2 Å². The summed E-state index contributed by atoms with van der Waals surface area (Å²) in [6, 6.07) is 14.2. The highest BCUT2D eigenvalue weighted by Gasteiger charge is 2.24. The third kappa shape index (κ3) is 4.49. The molecular weight excluding hydrogens is 430 g/mol. The summed E-state index contributed by atoms with van der Waals surface area (Å²) >= 11 is 3.32. The van der Waals surface area contributed by atoms with Crippen LogP contribution in [0.2, 0.25) is 0 Å². The molecule has 0 spiro atoms. The van der Waals surface area contributed by atoms with E-state index in [1.807, 2.05) is 13.0 Å². The summed E-state index contributed by atoms with van der Waals surface area (Å²) in [5, 5.41) is 14.0. The van der Waals surface area contributed by atoms with Crippen LogP contribution in [0.5, 0.6) is 5.75 Å². The fourth-order valence-corrected chi connectivity index (χ4v) is 4.46. The van der Waals surface area contributed by atoms with Gasteiger partial charge < -0.3 is 20.3 Å². The van der Waals surface area contributed by atoms with Crippen molar-refractivity contribution in [1.29, 1.82) is 0 Å². The second-order valence-corrected chi connectivity index (χ2v) is 8.65. The van der Waals surface area contributed by atoms with Gasteiger partial charge in [-0.05, 0) is 59.8 Å². The van der Waals surface area contributed by atoms with E-state index in [4.69, 9.17) is 0 Å². The van der Waals surface area contributed by atoms with Gasteiger partial charge in [-0.2, -0.15) is 0 Å². The molecule has 1 fully saturated rings. The molecule has 3 aromatic rings. The molecule has 0 unspecified atom stereocenters. The molecule has 152 valence electrons.